The third kappa shape index (κ3) is 4.84. The molecule has 0 heterocycles. The zero-order chi connectivity index (χ0) is 12.2. The summed E-state index contributed by atoms with van der Waals surface area (Å²) in [7, 11) is 0. The third-order valence-electron chi connectivity index (χ3n) is 2.78. The van der Waals surface area contributed by atoms with Crippen molar-refractivity contribution in [3.8, 4) is 0 Å². The second-order valence-electron chi connectivity index (χ2n) is 5.66. The van der Waals surface area contributed by atoms with Crippen molar-refractivity contribution in [2.45, 2.75) is 70.6 Å². The molecule has 94 valence electrons. The van der Waals surface area contributed by atoms with E-state index in [1.54, 1.807) is 0 Å². The number of aliphatic hydroxyl groups is 1. The maximum absolute atomic E-state index is 11.7. The van der Waals surface area contributed by atoms with Crippen molar-refractivity contribution in [2.24, 2.45) is 0 Å². The molecule has 4 heteroatoms. The highest BCUT2D eigenvalue weighted by molar-refractivity contribution is 5.75. The van der Waals surface area contributed by atoms with Gasteiger partial charge in [-0.05, 0) is 33.6 Å². The van der Waals surface area contributed by atoms with Gasteiger partial charge in [-0.2, -0.15) is 0 Å². The van der Waals surface area contributed by atoms with Gasteiger partial charge in [0.2, 0.25) is 0 Å². The van der Waals surface area contributed by atoms with Crippen molar-refractivity contribution in [1.82, 2.24) is 10.6 Å². The third-order valence-corrected chi connectivity index (χ3v) is 2.78. The molecule has 3 N–H and O–H groups in total. The minimum atomic E-state index is -0.395. The molecule has 1 aliphatic carbocycles. The molecule has 4 nitrogen and oxygen atoms in total. The Kier molecular flexibility index (Phi) is 4.59. The Morgan fingerprint density at radius 1 is 1.19 bits per heavy atom. The molecular weight excluding hydrogens is 204 g/mol. The summed E-state index contributed by atoms with van der Waals surface area (Å²) in [4.78, 5) is 11.7. The van der Waals surface area contributed by atoms with Gasteiger partial charge in [0.1, 0.15) is 0 Å². The Hall–Kier alpha value is -0.770. The number of aliphatic hydroxyl groups excluding tert-OH is 1. The first kappa shape index (κ1) is 13.3. The molecule has 1 rings (SSSR count). The minimum Gasteiger partial charge on any atom is -0.391 e. The van der Waals surface area contributed by atoms with Crippen molar-refractivity contribution in [3.63, 3.8) is 0 Å². The quantitative estimate of drug-likeness (QED) is 0.599. The Bertz CT molecular complexity index is 236. The molecule has 2 amide bonds. The van der Waals surface area contributed by atoms with Crippen LogP contribution in [0.3, 0.4) is 0 Å². The number of carbonyl (C=O) groups excluding carboxylic acids is 1. The van der Waals surface area contributed by atoms with Crippen molar-refractivity contribution >= 4 is 6.03 Å². The predicted molar refractivity (Wildman–Crippen MR) is 64.3 cm³/mol. The van der Waals surface area contributed by atoms with Crippen molar-refractivity contribution in [2.75, 3.05) is 0 Å². The standard InChI is InChI=1S/C12H24N2O2/c1-12(2,3)14-11(16)13-9-7-5-4-6-8-10(9)15/h9-10,15H,4-8H2,1-3H3,(H2,13,14,16). The van der Waals surface area contributed by atoms with Crippen molar-refractivity contribution in [1.29, 1.82) is 0 Å². The summed E-state index contributed by atoms with van der Waals surface area (Å²) >= 11 is 0. The largest absolute Gasteiger partial charge is 0.391 e. The van der Waals surface area contributed by atoms with Crippen LogP contribution in [-0.2, 0) is 0 Å². The molecule has 16 heavy (non-hydrogen) atoms. The second-order valence-corrected chi connectivity index (χ2v) is 5.66. The molecule has 0 bridgehead atoms. The summed E-state index contributed by atoms with van der Waals surface area (Å²) < 4.78 is 0. The number of carbonyl (C=O) groups is 1. The fraction of sp³-hybridized carbons (Fsp3) is 0.917. The average Bonchev–Trinajstić information content (AvgIpc) is 2.29. The van der Waals surface area contributed by atoms with Gasteiger partial charge < -0.3 is 15.7 Å². The van der Waals surface area contributed by atoms with Gasteiger partial charge in [0.25, 0.3) is 0 Å². The molecule has 0 saturated heterocycles. The van der Waals surface area contributed by atoms with Crippen LogP contribution in [0.25, 0.3) is 0 Å². The van der Waals surface area contributed by atoms with E-state index in [-0.39, 0.29) is 17.6 Å². The lowest BCUT2D eigenvalue weighted by atomic mass is 10.1. The van der Waals surface area contributed by atoms with Gasteiger partial charge in [0.05, 0.1) is 12.1 Å². The highest BCUT2D eigenvalue weighted by Gasteiger charge is 2.24. The molecular formula is C12H24N2O2. The zero-order valence-electron chi connectivity index (χ0n) is 10.5. The van der Waals surface area contributed by atoms with E-state index in [4.69, 9.17) is 0 Å². The maximum atomic E-state index is 11.7. The molecule has 0 aromatic rings. The predicted octanol–water partition coefficient (Wildman–Crippen LogP) is 1.78. The second kappa shape index (κ2) is 5.53. The van der Waals surface area contributed by atoms with E-state index in [0.717, 1.165) is 32.1 Å². The first-order valence-corrected chi connectivity index (χ1v) is 6.15. The Balaban J connectivity index is 2.42. The Labute approximate surface area is 97.8 Å². The van der Waals surface area contributed by atoms with E-state index < -0.39 is 6.10 Å². The van der Waals surface area contributed by atoms with Gasteiger partial charge in [0, 0.05) is 5.54 Å². The lowest BCUT2D eigenvalue weighted by Gasteiger charge is -2.26. The molecule has 0 aromatic heterocycles. The summed E-state index contributed by atoms with van der Waals surface area (Å²) in [5, 5.41) is 15.6. The van der Waals surface area contributed by atoms with Gasteiger partial charge in [-0.1, -0.05) is 19.3 Å². The Morgan fingerprint density at radius 3 is 2.44 bits per heavy atom. The van der Waals surface area contributed by atoms with Crippen LogP contribution in [-0.4, -0.2) is 28.8 Å². The molecule has 1 aliphatic rings. The fourth-order valence-corrected chi connectivity index (χ4v) is 2.00. The molecule has 0 aliphatic heterocycles. The molecule has 2 atom stereocenters. The van der Waals surface area contributed by atoms with Crippen molar-refractivity contribution < 1.29 is 9.90 Å². The van der Waals surface area contributed by atoms with Crippen LogP contribution < -0.4 is 10.6 Å². The zero-order valence-corrected chi connectivity index (χ0v) is 10.5. The maximum Gasteiger partial charge on any atom is 0.315 e. The van der Waals surface area contributed by atoms with Crippen LogP contribution in [0.4, 0.5) is 4.79 Å². The van der Waals surface area contributed by atoms with Crippen LogP contribution in [0.2, 0.25) is 0 Å². The lowest BCUT2D eigenvalue weighted by Crippen LogP contribution is -2.52. The number of amides is 2. The normalized spacial score (nSPS) is 27.0. The van der Waals surface area contributed by atoms with E-state index in [1.807, 2.05) is 20.8 Å². The Morgan fingerprint density at radius 2 is 1.81 bits per heavy atom. The summed E-state index contributed by atoms with van der Waals surface area (Å²) in [5.74, 6) is 0. The topological polar surface area (TPSA) is 61.4 Å². The number of nitrogens with one attached hydrogen (secondary N) is 2. The lowest BCUT2D eigenvalue weighted by molar-refractivity contribution is 0.121. The van der Waals surface area contributed by atoms with Crippen LogP contribution >= 0.6 is 0 Å². The smallest absolute Gasteiger partial charge is 0.315 e. The molecule has 0 aromatic carbocycles. The highest BCUT2D eigenvalue weighted by Crippen LogP contribution is 2.18. The average molecular weight is 228 g/mol. The summed E-state index contributed by atoms with van der Waals surface area (Å²) in [6.45, 7) is 5.82. The monoisotopic (exact) mass is 228 g/mol. The van der Waals surface area contributed by atoms with Gasteiger partial charge in [-0.3, -0.25) is 0 Å². The van der Waals surface area contributed by atoms with Gasteiger partial charge in [-0.15, -0.1) is 0 Å². The molecule has 1 fully saturated rings. The summed E-state index contributed by atoms with van der Waals surface area (Å²) in [6.07, 6.45) is 4.56. The number of hydrogen-bond donors (Lipinski definition) is 3. The van der Waals surface area contributed by atoms with E-state index in [9.17, 15) is 9.90 Å². The SMILES string of the molecule is CC(C)(C)NC(=O)NC1CCCCCC1O. The number of urea groups is 1. The van der Waals surface area contributed by atoms with Gasteiger partial charge >= 0.3 is 6.03 Å². The van der Waals surface area contributed by atoms with Gasteiger partial charge in [-0.25, -0.2) is 4.79 Å². The van der Waals surface area contributed by atoms with Crippen LogP contribution in [0.5, 0.6) is 0 Å². The minimum absolute atomic E-state index is 0.0927. The van der Waals surface area contributed by atoms with Crippen LogP contribution in [0.15, 0.2) is 0 Å². The summed E-state index contributed by atoms with van der Waals surface area (Å²) in [5.41, 5.74) is -0.236. The first-order valence-electron chi connectivity index (χ1n) is 6.15. The van der Waals surface area contributed by atoms with Crippen molar-refractivity contribution in [3.05, 3.63) is 0 Å². The van der Waals surface area contributed by atoms with Crippen LogP contribution in [0, 0.1) is 0 Å². The number of rotatable bonds is 1. The fourth-order valence-electron chi connectivity index (χ4n) is 2.00. The molecule has 0 radical (unpaired) electrons. The van der Waals surface area contributed by atoms with Crippen LogP contribution in [0.1, 0.15) is 52.9 Å². The van der Waals surface area contributed by atoms with Gasteiger partial charge in [0.15, 0.2) is 0 Å². The molecule has 0 spiro atoms. The molecule has 1 saturated carbocycles. The highest BCUT2D eigenvalue weighted by atomic mass is 16.3. The van der Waals surface area contributed by atoms with E-state index in [0.29, 0.717) is 0 Å². The molecule has 2 unspecified atom stereocenters. The number of hydrogen-bond acceptors (Lipinski definition) is 2. The van der Waals surface area contributed by atoms with E-state index in [2.05, 4.69) is 10.6 Å². The van der Waals surface area contributed by atoms with E-state index in [1.165, 1.54) is 0 Å². The summed E-state index contributed by atoms with van der Waals surface area (Å²) in [6, 6.07) is -0.275. The van der Waals surface area contributed by atoms with E-state index >= 15 is 0 Å². The first-order chi connectivity index (χ1) is 7.38.